The average molecular weight is 256 g/mol. The Hall–Kier alpha value is -1.70. The number of rotatable bonds is 4. The first-order chi connectivity index (χ1) is 9.11. The Morgan fingerprint density at radius 3 is 2.53 bits per heavy atom. The number of Topliss-reactive ketones (excluding diaryl/α,β-unsaturated/α-hetero) is 1. The molecule has 1 aliphatic rings. The molecule has 2 rings (SSSR count). The third kappa shape index (κ3) is 3.19. The second kappa shape index (κ2) is 5.96. The molecule has 0 spiro atoms. The van der Waals surface area contributed by atoms with Crippen molar-refractivity contribution in [1.29, 1.82) is 0 Å². The molecule has 0 aromatic heterocycles. The zero-order valence-electron chi connectivity index (χ0n) is 11.6. The van der Waals surface area contributed by atoms with Crippen molar-refractivity contribution in [2.24, 2.45) is 11.8 Å². The van der Waals surface area contributed by atoms with Crippen LogP contribution in [0.3, 0.4) is 0 Å². The SMILES string of the molecule is CC(C=O)=C(C)C1CC(=O)CC1Cc1ccccc1. The molecule has 2 unspecified atom stereocenters. The van der Waals surface area contributed by atoms with Gasteiger partial charge in [-0.05, 0) is 43.2 Å². The number of benzene rings is 1. The van der Waals surface area contributed by atoms with E-state index in [-0.39, 0.29) is 5.92 Å². The van der Waals surface area contributed by atoms with Gasteiger partial charge >= 0.3 is 0 Å². The van der Waals surface area contributed by atoms with Crippen LogP contribution in [0.4, 0.5) is 0 Å². The van der Waals surface area contributed by atoms with Gasteiger partial charge in [0.05, 0.1) is 0 Å². The van der Waals surface area contributed by atoms with E-state index < -0.39 is 0 Å². The molecule has 0 amide bonds. The van der Waals surface area contributed by atoms with Gasteiger partial charge in [-0.1, -0.05) is 35.9 Å². The highest BCUT2D eigenvalue weighted by molar-refractivity contribution is 5.82. The second-order valence-corrected chi connectivity index (χ2v) is 5.49. The first-order valence-electron chi connectivity index (χ1n) is 6.80. The minimum absolute atomic E-state index is 0.234. The number of carbonyl (C=O) groups is 2. The topological polar surface area (TPSA) is 34.1 Å². The molecule has 1 saturated carbocycles. The van der Waals surface area contributed by atoms with E-state index in [1.807, 2.05) is 32.0 Å². The maximum atomic E-state index is 11.8. The Labute approximate surface area is 114 Å². The van der Waals surface area contributed by atoms with E-state index in [4.69, 9.17) is 0 Å². The van der Waals surface area contributed by atoms with Gasteiger partial charge in [-0.2, -0.15) is 0 Å². The van der Waals surface area contributed by atoms with Crippen molar-refractivity contribution in [3.8, 4) is 0 Å². The van der Waals surface area contributed by atoms with E-state index >= 15 is 0 Å². The number of ketones is 1. The van der Waals surface area contributed by atoms with Crippen LogP contribution in [0.15, 0.2) is 41.5 Å². The lowest BCUT2D eigenvalue weighted by molar-refractivity contribution is -0.117. The Morgan fingerprint density at radius 1 is 1.21 bits per heavy atom. The molecule has 0 radical (unpaired) electrons. The Bertz CT molecular complexity index is 499. The molecule has 2 atom stereocenters. The molecule has 1 aromatic rings. The molecule has 1 fully saturated rings. The molecule has 0 bridgehead atoms. The molecule has 100 valence electrons. The fraction of sp³-hybridized carbons (Fsp3) is 0.412. The van der Waals surface area contributed by atoms with Crippen LogP contribution < -0.4 is 0 Å². The third-order valence-corrected chi connectivity index (χ3v) is 4.20. The molecular weight excluding hydrogens is 236 g/mol. The van der Waals surface area contributed by atoms with Crippen molar-refractivity contribution in [1.82, 2.24) is 0 Å². The number of aldehydes is 1. The van der Waals surface area contributed by atoms with Gasteiger partial charge in [0.1, 0.15) is 12.1 Å². The molecule has 0 aliphatic heterocycles. The molecule has 0 heterocycles. The highest BCUT2D eigenvalue weighted by atomic mass is 16.1. The van der Waals surface area contributed by atoms with Gasteiger partial charge < -0.3 is 0 Å². The van der Waals surface area contributed by atoms with Crippen LogP contribution >= 0.6 is 0 Å². The van der Waals surface area contributed by atoms with Gasteiger partial charge in [-0.15, -0.1) is 0 Å². The molecule has 1 aliphatic carbocycles. The number of hydrogen-bond donors (Lipinski definition) is 0. The molecule has 0 N–H and O–H groups in total. The Kier molecular flexibility index (Phi) is 4.31. The monoisotopic (exact) mass is 256 g/mol. The van der Waals surface area contributed by atoms with E-state index in [0.717, 1.165) is 23.9 Å². The lowest BCUT2D eigenvalue weighted by atomic mass is 9.83. The van der Waals surface area contributed by atoms with Crippen molar-refractivity contribution in [3.05, 3.63) is 47.0 Å². The van der Waals surface area contributed by atoms with E-state index in [1.165, 1.54) is 5.56 Å². The second-order valence-electron chi connectivity index (χ2n) is 5.49. The zero-order chi connectivity index (χ0) is 13.8. The van der Waals surface area contributed by atoms with Crippen molar-refractivity contribution in [2.45, 2.75) is 33.1 Å². The fourth-order valence-electron chi connectivity index (χ4n) is 2.95. The van der Waals surface area contributed by atoms with Crippen LogP contribution in [0.5, 0.6) is 0 Å². The molecule has 1 aromatic carbocycles. The Balaban J connectivity index is 2.19. The summed E-state index contributed by atoms with van der Waals surface area (Å²) in [6.45, 7) is 3.83. The van der Waals surface area contributed by atoms with Gasteiger partial charge in [0, 0.05) is 12.8 Å². The average Bonchev–Trinajstić information content (AvgIpc) is 2.79. The fourth-order valence-corrected chi connectivity index (χ4v) is 2.95. The minimum Gasteiger partial charge on any atom is -0.300 e. The summed E-state index contributed by atoms with van der Waals surface area (Å²) in [5.74, 6) is 0.895. The number of hydrogen-bond acceptors (Lipinski definition) is 2. The predicted octanol–water partition coefficient (Wildman–Crippen LogP) is 3.36. The van der Waals surface area contributed by atoms with Gasteiger partial charge in [0.2, 0.25) is 0 Å². The van der Waals surface area contributed by atoms with Crippen molar-refractivity contribution >= 4 is 12.1 Å². The predicted molar refractivity (Wildman–Crippen MR) is 75.8 cm³/mol. The number of allylic oxidation sites excluding steroid dienone is 2. The van der Waals surface area contributed by atoms with E-state index in [0.29, 0.717) is 24.5 Å². The van der Waals surface area contributed by atoms with Crippen LogP contribution in [0.2, 0.25) is 0 Å². The minimum atomic E-state index is 0.234. The van der Waals surface area contributed by atoms with E-state index in [2.05, 4.69) is 12.1 Å². The summed E-state index contributed by atoms with van der Waals surface area (Å²) >= 11 is 0. The summed E-state index contributed by atoms with van der Waals surface area (Å²) in [7, 11) is 0. The van der Waals surface area contributed by atoms with Crippen molar-refractivity contribution in [3.63, 3.8) is 0 Å². The summed E-state index contributed by atoms with van der Waals surface area (Å²) in [6.07, 6.45) is 3.05. The maximum absolute atomic E-state index is 11.8. The van der Waals surface area contributed by atoms with Gasteiger partial charge in [-0.25, -0.2) is 0 Å². The first kappa shape index (κ1) is 13.7. The molecule has 0 saturated heterocycles. The third-order valence-electron chi connectivity index (χ3n) is 4.20. The summed E-state index contributed by atoms with van der Waals surface area (Å²) in [6, 6.07) is 10.3. The van der Waals surface area contributed by atoms with Crippen LogP contribution in [0.1, 0.15) is 32.3 Å². The number of carbonyl (C=O) groups excluding carboxylic acids is 2. The highest BCUT2D eigenvalue weighted by Gasteiger charge is 2.34. The largest absolute Gasteiger partial charge is 0.300 e. The normalized spacial score (nSPS) is 24.2. The quantitative estimate of drug-likeness (QED) is 0.611. The zero-order valence-corrected chi connectivity index (χ0v) is 11.6. The molecule has 2 nitrogen and oxygen atoms in total. The highest BCUT2D eigenvalue weighted by Crippen LogP contribution is 2.37. The first-order valence-corrected chi connectivity index (χ1v) is 6.80. The lowest BCUT2D eigenvalue weighted by Gasteiger charge is -2.20. The smallest absolute Gasteiger partial charge is 0.145 e. The summed E-state index contributed by atoms with van der Waals surface area (Å²) in [5.41, 5.74) is 3.13. The van der Waals surface area contributed by atoms with Crippen LogP contribution in [-0.2, 0) is 16.0 Å². The summed E-state index contributed by atoms with van der Waals surface area (Å²) in [5, 5.41) is 0. The van der Waals surface area contributed by atoms with Gasteiger partial charge in [-0.3, -0.25) is 9.59 Å². The lowest BCUT2D eigenvalue weighted by Crippen LogP contribution is -2.13. The summed E-state index contributed by atoms with van der Waals surface area (Å²) < 4.78 is 0. The standard InChI is InChI=1S/C17H20O2/c1-12(11-18)13(2)17-10-16(19)9-15(17)8-14-6-4-3-5-7-14/h3-7,11,15,17H,8-10H2,1-2H3. The van der Waals surface area contributed by atoms with Gasteiger partial charge in [0.25, 0.3) is 0 Å². The molecule has 19 heavy (non-hydrogen) atoms. The van der Waals surface area contributed by atoms with Crippen LogP contribution in [-0.4, -0.2) is 12.1 Å². The van der Waals surface area contributed by atoms with Crippen molar-refractivity contribution < 1.29 is 9.59 Å². The van der Waals surface area contributed by atoms with Crippen molar-refractivity contribution in [2.75, 3.05) is 0 Å². The van der Waals surface area contributed by atoms with E-state index in [9.17, 15) is 9.59 Å². The van der Waals surface area contributed by atoms with E-state index in [1.54, 1.807) is 0 Å². The summed E-state index contributed by atoms with van der Waals surface area (Å²) in [4.78, 5) is 22.7. The molecule has 2 heteroatoms. The maximum Gasteiger partial charge on any atom is 0.145 e. The Morgan fingerprint density at radius 2 is 1.89 bits per heavy atom. The van der Waals surface area contributed by atoms with Crippen LogP contribution in [0, 0.1) is 11.8 Å². The van der Waals surface area contributed by atoms with Crippen LogP contribution in [0.25, 0.3) is 0 Å². The van der Waals surface area contributed by atoms with Gasteiger partial charge in [0.15, 0.2) is 0 Å². The molecular formula is C17H20O2.